The number of thiazole rings is 2. The molecule has 0 saturated heterocycles. The standard InChI is InChI=1S/C24H16F2N4S2/c25-17-1-5-19(6-2-17)29(23-27-13-15-31-23)21-9-11-22(12-10-21)30(24-28-14-16-32-24)20-7-3-18(26)4-8-20/h1-16H. The molecule has 2 heterocycles. The summed E-state index contributed by atoms with van der Waals surface area (Å²) in [6.07, 6.45) is 3.48. The van der Waals surface area contributed by atoms with Crippen LogP contribution in [0.25, 0.3) is 0 Å². The number of anilines is 6. The molecule has 5 aromatic rings. The first-order chi connectivity index (χ1) is 15.7. The predicted molar refractivity (Wildman–Crippen MR) is 127 cm³/mol. The van der Waals surface area contributed by atoms with Gasteiger partial charge in [-0.15, -0.1) is 22.7 Å². The molecule has 4 nitrogen and oxygen atoms in total. The molecule has 0 N–H and O–H groups in total. The van der Waals surface area contributed by atoms with Crippen molar-refractivity contribution in [2.75, 3.05) is 9.80 Å². The van der Waals surface area contributed by atoms with E-state index in [9.17, 15) is 8.78 Å². The third-order valence-corrected chi connectivity index (χ3v) is 6.27. The van der Waals surface area contributed by atoms with Gasteiger partial charge in [0.1, 0.15) is 11.6 Å². The average Bonchev–Trinajstić information content (AvgIpc) is 3.53. The summed E-state index contributed by atoms with van der Waals surface area (Å²) in [4.78, 5) is 12.8. The molecule has 0 fully saturated rings. The lowest BCUT2D eigenvalue weighted by Crippen LogP contribution is -2.12. The van der Waals surface area contributed by atoms with Crippen LogP contribution < -0.4 is 9.80 Å². The summed E-state index contributed by atoms with van der Waals surface area (Å²) in [5.41, 5.74) is 3.39. The molecule has 8 heteroatoms. The maximum absolute atomic E-state index is 13.5. The Labute approximate surface area is 191 Å². The van der Waals surface area contributed by atoms with Gasteiger partial charge in [0.15, 0.2) is 10.3 Å². The second-order valence-electron chi connectivity index (χ2n) is 6.77. The van der Waals surface area contributed by atoms with E-state index in [1.165, 1.54) is 46.9 Å². The Balaban J connectivity index is 1.55. The number of rotatable bonds is 6. The molecular weight excluding hydrogens is 446 g/mol. The number of halogens is 2. The minimum Gasteiger partial charge on any atom is -0.286 e. The van der Waals surface area contributed by atoms with Crippen LogP contribution in [0.4, 0.5) is 41.8 Å². The Morgan fingerprint density at radius 2 is 0.812 bits per heavy atom. The number of hydrogen-bond acceptors (Lipinski definition) is 6. The van der Waals surface area contributed by atoms with Crippen LogP contribution in [0.5, 0.6) is 0 Å². The Kier molecular flexibility index (Phi) is 5.62. The highest BCUT2D eigenvalue weighted by Crippen LogP contribution is 2.39. The maximum atomic E-state index is 13.5. The molecule has 0 amide bonds. The molecule has 2 aromatic heterocycles. The topological polar surface area (TPSA) is 32.3 Å². The molecular formula is C24H16F2N4S2. The van der Waals surface area contributed by atoms with Crippen LogP contribution in [0.15, 0.2) is 96.0 Å². The van der Waals surface area contributed by atoms with E-state index in [2.05, 4.69) is 9.97 Å². The van der Waals surface area contributed by atoms with E-state index in [0.29, 0.717) is 0 Å². The lowest BCUT2D eigenvalue weighted by Gasteiger charge is -2.25. The summed E-state index contributed by atoms with van der Waals surface area (Å²) in [6, 6.07) is 20.5. The van der Waals surface area contributed by atoms with Crippen molar-refractivity contribution in [2.24, 2.45) is 0 Å². The fourth-order valence-corrected chi connectivity index (χ4v) is 4.69. The van der Waals surface area contributed by atoms with Gasteiger partial charge in [0.05, 0.1) is 0 Å². The Morgan fingerprint density at radius 1 is 0.500 bits per heavy atom. The third kappa shape index (κ3) is 4.10. The smallest absolute Gasteiger partial charge is 0.194 e. The molecule has 0 spiro atoms. The Bertz CT molecular complexity index is 1170. The molecule has 0 aliphatic carbocycles. The number of nitrogens with zero attached hydrogens (tertiary/aromatic N) is 4. The first-order valence-electron chi connectivity index (χ1n) is 9.69. The van der Waals surface area contributed by atoms with Gasteiger partial charge >= 0.3 is 0 Å². The summed E-state index contributed by atoms with van der Waals surface area (Å²) >= 11 is 3.00. The van der Waals surface area contributed by atoms with Crippen molar-refractivity contribution >= 4 is 55.7 Å². The molecule has 3 aromatic carbocycles. The molecule has 0 saturated carbocycles. The van der Waals surface area contributed by atoms with E-state index in [4.69, 9.17) is 0 Å². The van der Waals surface area contributed by atoms with Gasteiger partial charge in [-0.1, -0.05) is 0 Å². The van der Waals surface area contributed by atoms with Gasteiger partial charge < -0.3 is 0 Å². The van der Waals surface area contributed by atoms with Crippen LogP contribution in [0, 0.1) is 11.6 Å². The van der Waals surface area contributed by atoms with E-state index in [0.717, 1.165) is 33.0 Å². The minimum atomic E-state index is -0.290. The first-order valence-corrected chi connectivity index (χ1v) is 11.5. The summed E-state index contributed by atoms with van der Waals surface area (Å²) in [6.45, 7) is 0. The number of hydrogen-bond donors (Lipinski definition) is 0. The van der Waals surface area contributed by atoms with Crippen molar-refractivity contribution < 1.29 is 8.78 Å². The van der Waals surface area contributed by atoms with Crippen molar-refractivity contribution in [1.82, 2.24) is 9.97 Å². The third-order valence-electron chi connectivity index (χ3n) is 4.76. The summed E-state index contributed by atoms with van der Waals surface area (Å²) < 4.78 is 27.0. The molecule has 32 heavy (non-hydrogen) atoms. The molecule has 158 valence electrons. The molecule has 0 aliphatic rings. The summed E-state index contributed by atoms with van der Waals surface area (Å²) in [5.74, 6) is -0.580. The fraction of sp³-hybridized carbons (Fsp3) is 0. The van der Waals surface area contributed by atoms with E-state index in [1.807, 2.05) is 44.8 Å². The van der Waals surface area contributed by atoms with Crippen molar-refractivity contribution in [3.05, 3.63) is 108 Å². The van der Waals surface area contributed by atoms with Gasteiger partial charge in [-0.05, 0) is 72.8 Å². The second kappa shape index (κ2) is 8.86. The molecule has 5 rings (SSSR count). The molecule has 0 radical (unpaired) electrons. The van der Waals surface area contributed by atoms with Crippen LogP contribution in [-0.4, -0.2) is 9.97 Å². The van der Waals surface area contributed by atoms with Gasteiger partial charge in [0.25, 0.3) is 0 Å². The Morgan fingerprint density at radius 3 is 1.09 bits per heavy atom. The van der Waals surface area contributed by atoms with Crippen molar-refractivity contribution in [2.45, 2.75) is 0 Å². The highest BCUT2D eigenvalue weighted by molar-refractivity contribution is 7.14. The number of aromatic nitrogens is 2. The highest BCUT2D eigenvalue weighted by Gasteiger charge is 2.18. The zero-order chi connectivity index (χ0) is 21.9. The summed E-state index contributed by atoms with van der Waals surface area (Å²) in [5, 5.41) is 5.36. The van der Waals surface area contributed by atoms with E-state index in [1.54, 1.807) is 36.7 Å². The quantitative estimate of drug-likeness (QED) is 0.257. The maximum Gasteiger partial charge on any atom is 0.194 e. The van der Waals surface area contributed by atoms with Crippen LogP contribution in [0.3, 0.4) is 0 Å². The van der Waals surface area contributed by atoms with Crippen molar-refractivity contribution in [1.29, 1.82) is 0 Å². The fourth-order valence-electron chi connectivity index (χ4n) is 3.32. The largest absolute Gasteiger partial charge is 0.286 e. The van der Waals surface area contributed by atoms with Gasteiger partial charge in [-0.25, -0.2) is 18.7 Å². The van der Waals surface area contributed by atoms with E-state index >= 15 is 0 Å². The second-order valence-corrected chi connectivity index (χ2v) is 8.52. The zero-order valence-electron chi connectivity index (χ0n) is 16.6. The van der Waals surface area contributed by atoms with Crippen LogP contribution in [0.1, 0.15) is 0 Å². The minimum absolute atomic E-state index is 0.290. The molecule has 0 bridgehead atoms. The SMILES string of the molecule is Fc1ccc(N(c2ccc(N(c3ccc(F)cc3)c3nccs3)cc2)c2nccs2)cc1. The molecule has 0 aliphatic heterocycles. The number of benzene rings is 3. The predicted octanol–water partition coefficient (Wildman–Crippen LogP) is 7.82. The van der Waals surface area contributed by atoms with Gasteiger partial charge in [-0.3, -0.25) is 9.80 Å². The molecule has 0 atom stereocenters. The van der Waals surface area contributed by atoms with Gasteiger partial charge in [0, 0.05) is 45.9 Å². The van der Waals surface area contributed by atoms with Crippen LogP contribution >= 0.6 is 22.7 Å². The zero-order valence-corrected chi connectivity index (χ0v) is 18.2. The van der Waals surface area contributed by atoms with Crippen molar-refractivity contribution in [3.63, 3.8) is 0 Å². The first kappa shape index (κ1) is 20.3. The Hall–Kier alpha value is -3.62. The van der Waals surface area contributed by atoms with Gasteiger partial charge in [0.2, 0.25) is 0 Å². The van der Waals surface area contributed by atoms with Crippen LogP contribution in [0.2, 0.25) is 0 Å². The highest BCUT2D eigenvalue weighted by atomic mass is 32.1. The van der Waals surface area contributed by atoms with Crippen LogP contribution in [-0.2, 0) is 0 Å². The van der Waals surface area contributed by atoms with Gasteiger partial charge in [-0.2, -0.15) is 0 Å². The lowest BCUT2D eigenvalue weighted by molar-refractivity contribution is 0.627. The monoisotopic (exact) mass is 462 g/mol. The van der Waals surface area contributed by atoms with E-state index in [-0.39, 0.29) is 11.6 Å². The van der Waals surface area contributed by atoms with E-state index < -0.39 is 0 Å². The van der Waals surface area contributed by atoms with Crippen molar-refractivity contribution in [3.8, 4) is 0 Å². The normalized spacial score (nSPS) is 10.8. The molecule has 0 unspecified atom stereocenters. The lowest BCUT2D eigenvalue weighted by atomic mass is 10.2. The summed E-state index contributed by atoms with van der Waals surface area (Å²) in [7, 11) is 0. The average molecular weight is 463 g/mol.